The monoisotopic (exact) mass is 514 g/mol. The number of aliphatic carboxylic acids is 1. The van der Waals surface area contributed by atoms with E-state index in [4.69, 9.17) is 4.74 Å². The number of carboxylic acids is 1. The van der Waals surface area contributed by atoms with E-state index < -0.39 is 11.9 Å². The predicted octanol–water partition coefficient (Wildman–Crippen LogP) is 4.34. The fourth-order valence-corrected chi connectivity index (χ4v) is 5.01. The lowest BCUT2D eigenvalue weighted by Gasteiger charge is -2.11. The number of hydrogen-bond acceptors (Lipinski definition) is 8. The number of Topliss-reactive ketones (excluding diaryl/α,β-unsaturated/α-hetero) is 1. The van der Waals surface area contributed by atoms with Gasteiger partial charge >= 0.3 is 5.97 Å². The van der Waals surface area contributed by atoms with Gasteiger partial charge < -0.3 is 9.84 Å². The molecule has 186 valence electrons. The van der Waals surface area contributed by atoms with E-state index in [1.54, 1.807) is 42.7 Å². The zero-order valence-corrected chi connectivity index (χ0v) is 20.4. The average Bonchev–Trinajstić information content (AvgIpc) is 3.35. The maximum atomic E-state index is 13.0. The number of ether oxygens (including phenoxy) is 1. The standard InChI is InChI=1S/C27H22N4O5S/c32-23(13-19(27(34)35)9-12-31-26(33)21-3-1-2-4-22(21)29-30-31)25-14-18-5-6-20(15-24(18)37-25)36-16-17-7-10-28-11-8-17/h1-8,10-11,14-15,19H,9,12-13,16H2,(H,34,35). The number of carbonyl (C=O) groups is 2. The van der Waals surface area contributed by atoms with E-state index in [-0.39, 0.29) is 30.7 Å². The van der Waals surface area contributed by atoms with Crippen LogP contribution in [-0.2, 0) is 17.9 Å². The minimum Gasteiger partial charge on any atom is -0.489 e. The smallest absolute Gasteiger partial charge is 0.307 e. The van der Waals surface area contributed by atoms with Crippen LogP contribution in [0.15, 0.2) is 77.9 Å². The van der Waals surface area contributed by atoms with Gasteiger partial charge in [-0.25, -0.2) is 4.68 Å². The third-order valence-corrected chi connectivity index (χ3v) is 7.16. The van der Waals surface area contributed by atoms with Crippen molar-refractivity contribution in [1.29, 1.82) is 0 Å². The molecule has 3 heterocycles. The molecule has 5 aromatic rings. The Labute approximate surface area is 215 Å². The van der Waals surface area contributed by atoms with E-state index >= 15 is 0 Å². The number of thiophene rings is 1. The maximum absolute atomic E-state index is 13.0. The van der Waals surface area contributed by atoms with Crippen molar-refractivity contribution in [2.75, 3.05) is 0 Å². The summed E-state index contributed by atoms with van der Waals surface area (Å²) in [5.41, 5.74) is 1.13. The molecule has 10 heteroatoms. The Morgan fingerprint density at radius 1 is 1.05 bits per heavy atom. The molecule has 1 N–H and O–H groups in total. The molecule has 0 aliphatic heterocycles. The highest BCUT2D eigenvalue weighted by atomic mass is 32.1. The van der Waals surface area contributed by atoms with Crippen LogP contribution in [0.5, 0.6) is 5.75 Å². The second-order valence-corrected chi connectivity index (χ2v) is 9.62. The van der Waals surface area contributed by atoms with Crippen molar-refractivity contribution in [2.24, 2.45) is 5.92 Å². The summed E-state index contributed by atoms with van der Waals surface area (Å²) in [7, 11) is 0. The van der Waals surface area contributed by atoms with Gasteiger partial charge in [0.2, 0.25) is 0 Å². The third kappa shape index (κ3) is 5.54. The van der Waals surface area contributed by atoms with Crippen molar-refractivity contribution in [3.8, 4) is 5.75 Å². The summed E-state index contributed by atoms with van der Waals surface area (Å²) in [5, 5.41) is 19.0. The predicted molar refractivity (Wildman–Crippen MR) is 139 cm³/mol. The molecule has 0 aliphatic rings. The summed E-state index contributed by atoms with van der Waals surface area (Å²) < 4.78 is 7.88. The van der Waals surface area contributed by atoms with Gasteiger partial charge in [0, 0.05) is 30.1 Å². The highest BCUT2D eigenvalue weighted by molar-refractivity contribution is 7.20. The Morgan fingerprint density at radius 3 is 2.68 bits per heavy atom. The Morgan fingerprint density at radius 2 is 1.86 bits per heavy atom. The first-order valence-electron chi connectivity index (χ1n) is 11.6. The molecule has 5 rings (SSSR count). The number of carboxylic acid groups (broad SMARTS) is 1. The molecule has 0 amide bonds. The molecule has 0 saturated heterocycles. The number of aryl methyl sites for hydroxylation is 1. The van der Waals surface area contributed by atoms with Gasteiger partial charge in [-0.05, 0) is 65.9 Å². The van der Waals surface area contributed by atoms with Crippen LogP contribution in [0.25, 0.3) is 21.0 Å². The molecule has 0 saturated carbocycles. The van der Waals surface area contributed by atoms with Gasteiger partial charge in [0.25, 0.3) is 5.56 Å². The maximum Gasteiger partial charge on any atom is 0.307 e. The number of nitrogens with zero attached hydrogens (tertiary/aromatic N) is 4. The third-order valence-electron chi connectivity index (χ3n) is 6.02. The molecule has 0 bridgehead atoms. The normalized spacial score (nSPS) is 12.0. The van der Waals surface area contributed by atoms with E-state index in [9.17, 15) is 19.5 Å². The van der Waals surface area contributed by atoms with Crippen molar-refractivity contribution in [1.82, 2.24) is 20.0 Å². The van der Waals surface area contributed by atoms with Crippen LogP contribution in [0.4, 0.5) is 0 Å². The number of carbonyl (C=O) groups excluding carboxylic acids is 1. The number of fused-ring (bicyclic) bond motifs is 2. The summed E-state index contributed by atoms with van der Waals surface area (Å²) in [4.78, 5) is 42.0. The summed E-state index contributed by atoms with van der Waals surface area (Å²) in [6, 6.07) is 17.9. The first-order valence-corrected chi connectivity index (χ1v) is 12.4. The minimum absolute atomic E-state index is 0.0471. The van der Waals surface area contributed by atoms with Gasteiger partial charge in [-0.2, -0.15) is 0 Å². The van der Waals surface area contributed by atoms with Gasteiger partial charge in [0.05, 0.1) is 16.2 Å². The van der Waals surface area contributed by atoms with Gasteiger partial charge in [-0.15, -0.1) is 16.4 Å². The summed E-state index contributed by atoms with van der Waals surface area (Å²) in [5.74, 6) is -1.64. The van der Waals surface area contributed by atoms with Gasteiger partial charge in [-0.1, -0.05) is 17.3 Å². The highest BCUT2D eigenvalue weighted by Gasteiger charge is 2.24. The van der Waals surface area contributed by atoms with E-state index in [0.717, 1.165) is 20.3 Å². The largest absolute Gasteiger partial charge is 0.489 e. The van der Waals surface area contributed by atoms with Crippen molar-refractivity contribution in [3.63, 3.8) is 0 Å². The van der Waals surface area contributed by atoms with Gasteiger partial charge in [0.1, 0.15) is 17.9 Å². The lowest BCUT2D eigenvalue weighted by atomic mass is 9.98. The Balaban J connectivity index is 1.26. The van der Waals surface area contributed by atoms with E-state index in [2.05, 4.69) is 15.3 Å². The molecule has 0 aliphatic carbocycles. The van der Waals surface area contributed by atoms with E-state index in [0.29, 0.717) is 28.1 Å². The molecule has 0 spiro atoms. The van der Waals surface area contributed by atoms with Crippen LogP contribution in [0.3, 0.4) is 0 Å². The Hall–Kier alpha value is -4.44. The fourth-order valence-electron chi connectivity index (χ4n) is 3.97. The highest BCUT2D eigenvalue weighted by Crippen LogP contribution is 2.31. The summed E-state index contributed by atoms with van der Waals surface area (Å²) in [6.07, 6.45) is 3.31. The molecule has 0 fully saturated rings. The summed E-state index contributed by atoms with van der Waals surface area (Å²) >= 11 is 1.30. The minimum atomic E-state index is -1.09. The summed E-state index contributed by atoms with van der Waals surface area (Å²) in [6.45, 7) is 0.446. The van der Waals surface area contributed by atoms with Crippen LogP contribution < -0.4 is 10.3 Å². The number of ketones is 1. The molecule has 1 atom stereocenters. The number of benzene rings is 2. The second-order valence-electron chi connectivity index (χ2n) is 8.54. The Bertz CT molecular complexity index is 1650. The van der Waals surface area contributed by atoms with Crippen molar-refractivity contribution >= 4 is 44.1 Å². The Kier molecular flexibility index (Phi) is 7.00. The first kappa shape index (κ1) is 24.3. The van der Waals surface area contributed by atoms with Crippen LogP contribution in [0, 0.1) is 5.92 Å². The first-order chi connectivity index (χ1) is 18.0. The molecule has 9 nitrogen and oxygen atoms in total. The molecule has 0 radical (unpaired) electrons. The second kappa shape index (κ2) is 10.7. The quantitative estimate of drug-likeness (QED) is 0.273. The van der Waals surface area contributed by atoms with E-state index in [1.807, 2.05) is 30.3 Å². The fraction of sp³-hybridized carbons (Fsp3) is 0.185. The van der Waals surface area contributed by atoms with E-state index in [1.165, 1.54) is 11.3 Å². The molecule has 37 heavy (non-hydrogen) atoms. The van der Waals surface area contributed by atoms with Crippen molar-refractivity contribution < 1.29 is 19.4 Å². The SMILES string of the molecule is O=C(CC(CCn1nnc2ccccc2c1=O)C(=O)O)c1cc2ccc(OCc3ccncc3)cc2s1. The number of aromatic nitrogens is 4. The van der Waals surface area contributed by atoms with Gasteiger partial charge in [-0.3, -0.25) is 19.4 Å². The molecule has 2 aromatic carbocycles. The lowest BCUT2D eigenvalue weighted by Crippen LogP contribution is -2.27. The molecule has 3 aromatic heterocycles. The van der Waals surface area contributed by atoms with Crippen LogP contribution in [0.2, 0.25) is 0 Å². The van der Waals surface area contributed by atoms with Crippen LogP contribution in [-0.4, -0.2) is 36.8 Å². The molecular formula is C27H22N4O5S. The lowest BCUT2D eigenvalue weighted by molar-refractivity contribution is -0.142. The molecular weight excluding hydrogens is 492 g/mol. The number of pyridine rings is 1. The number of hydrogen-bond donors (Lipinski definition) is 1. The van der Waals surface area contributed by atoms with Crippen LogP contribution >= 0.6 is 11.3 Å². The van der Waals surface area contributed by atoms with Crippen molar-refractivity contribution in [3.05, 3.63) is 93.9 Å². The molecule has 1 unspecified atom stereocenters. The zero-order chi connectivity index (χ0) is 25.8. The topological polar surface area (TPSA) is 124 Å². The number of rotatable bonds is 10. The zero-order valence-electron chi connectivity index (χ0n) is 19.6. The van der Waals surface area contributed by atoms with Crippen molar-refractivity contribution in [2.45, 2.75) is 26.0 Å². The average molecular weight is 515 g/mol. The van der Waals surface area contributed by atoms with Crippen LogP contribution in [0.1, 0.15) is 28.1 Å². The van der Waals surface area contributed by atoms with Gasteiger partial charge in [0.15, 0.2) is 5.78 Å².